The highest BCUT2D eigenvalue weighted by Crippen LogP contribution is 2.22. The van der Waals surface area contributed by atoms with Crippen LogP contribution in [0.3, 0.4) is 0 Å². The van der Waals surface area contributed by atoms with E-state index in [1.54, 1.807) is 41.3 Å². The van der Waals surface area contributed by atoms with Crippen LogP contribution in [0, 0.1) is 5.82 Å². The Morgan fingerprint density at radius 3 is 2.62 bits per heavy atom. The summed E-state index contributed by atoms with van der Waals surface area (Å²) in [4.78, 5) is 12.8. The molecule has 0 aliphatic heterocycles. The van der Waals surface area contributed by atoms with Gasteiger partial charge < -0.3 is 14.5 Å². The first-order valence-corrected chi connectivity index (χ1v) is 9.07. The molecule has 7 heteroatoms. The quantitative estimate of drug-likeness (QED) is 0.482. The molecule has 2 heterocycles. The average molecular weight is 391 g/mol. The van der Waals surface area contributed by atoms with Gasteiger partial charge in [0.05, 0.1) is 18.5 Å². The Morgan fingerprint density at radius 2 is 1.86 bits per heavy atom. The van der Waals surface area contributed by atoms with Gasteiger partial charge in [0.15, 0.2) is 17.3 Å². The Kier molecular flexibility index (Phi) is 5.38. The lowest BCUT2D eigenvalue weighted by Gasteiger charge is -2.09. The smallest absolute Gasteiger partial charge is 0.270 e. The molecule has 1 N–H and O–H groups in total. The second kappa shape index (κ2) is 8.43. The molecule has 0 spiro atoms. The number of carbonyl (C=O) groups excluding carboxylic acids is 1. The highest BCUT2D eigenvalue weighted by atomic mass is 19.1. The van der Waals surface area contributed by atoms with Crippen LogP contribution in [-0.4, -0.2) is 28.8 Å². The summed E-state index contributed by atoms with van der Waals surface area (Å²) < 4.78 is 25.9. The zero-order chi connectivity index (χ0) is 20.1. The van der Waals surface area contributed by atoms with Crippen molar-refractivity contribution < 1.29 is 18.3 Å². The fourth-order valence-electron chi connectivity index (χ4n) is 2.83. The summed E-state index contributed by atoms with van der Waals surface area (Å²) in [6.45, 7) is 0.348. The Hall–Kier alpha value is -3.87. The minimum absolute atomic E-state index is 0.136. The van der Waals surface area contributed by atoms with Crippen LogP contribution in [0.2, 0.25) is 0 Å². The molecule has 0 unspecified atom stereocenters. The fourth-order valence-corrected chi connectivity index (χ4v) is 2.83. The number of nitrogens with zero attached hydrogens (tertiary/aromatic N) is 2. The molecule has 4 aromatic rings. The first-order chi connectivity index (χ1) is 14.2. The van der Waals surface area contributed by atoms with Crippen LogP contribution >= 0.6 is 0 Å². The molecule has 0 aliphatic carbocycles. The normalized spacial score (nSPS) is 10.7. The summed E-state index contributed by atoms with van der Waals surface area (Å²) in [6.07, 6.45) is 1.55. The van der Waals surface area contributed by atoms with Crippen molar-refractivity contribution in [2.75, 3.05) is 13.2 Å². The van der Waals surface area contributed by atoms with Crippen LogP contribution < -0.4 is 10.1 Å². The highest BCUT2D eigenvalue weighted by molar-refractivity contribution is 5.94. The summed E-state index contributed by atoms with van der Waals surface area (Å²) in [6, 6.07) is 20.7. The van der Waals surface area contributed by atoms with E-state index < -0.39 is 5.82 Å². The molecule has 146 valence electrons. The van der Waals surface area contributed by atoms with Gasteiger partial charge in [0.25, 0.3) is 5.91 Å². The molecular formula is C22H18FN3O3. The molecule has 0 saturated carbocycles. The lowest BCUT2D eigenvalue weighted by atomic mass is 10.2. The Morgan fingerprint density at radius 1 is 1.07 bits per heavy atom. The minimum atomic E-state index is -0.441. The van der Waals surface area contributed by atoms with E-state index in [1.807, 2.05) is 30.3 Å². The summed E-state index contributed by atoms with van der Waals surface area (Å²) in [7, 11) is 0. The number of aromatic nitrogens is 2. The minimum Gasteiger partial charge on any atom is -0.489 e. The lowest BCUT2D eigenvalue weighted by molar-refractivity contribution is 0.0939. The van der Waals surface area contributed by atoms with Crippen molar-refractivity contribution in [1.29, 1.82) is 0 Å². The number of para-hydroxylation sites is 2. The lowest BCUT2D eigenvalue weighted by Crippen LogP contribution is -2.29. The molecule has 2 aromatic carbocycles. The van der Waals surface area contributed by atoms with E-state index in [0.29, 0.717) is 17.1 Å². The van der Waals surface area contributed by atoms with Gasteiger partial charge in [-0.2, -0.15) is 5.10 Å². The number of nitrogens with one attached hydrogen (secondary N) is 1. The summed E-state index contributed by atoms with van der Waals surface area (Å²) >= 11 is 0. The number of hydrogen-bond donors (Lipinski definition) is 1. The number of rotatable bonds is 7. The van der Waals surface area contributed by atoms with Gasteiger partial charge in [-0.3, -0.25) is 4.79 Å². The van der Waals surface area contributed by atoms with Crippen LogP contribution in [0.15, 0.2) is 83.5 Å². The van der Waals surface area contributed by atoms with Crippen LogP contribution in [0.25, 0.3) is 17.1 Å². The number of benzene rings is 2. The molecule has 6 nitrogen and oxygen atoms in total. The second-order valence-electron chi connectivity index (χ2n) is 6.17. The molecule has 1 amide bonds. The number of carbonyl (C=O) groups is 1. The predicted octanol–water partition coefficient (Wildman–Crippen LogP) is 4.08. The average Bonchev–Trinajstić information content (AvgIpc) is 3.43. The largest absolute Gasteiger partial charge is 0.489 e. The van der Waals surface area contributed by atoms with Gasteiger partial charge in [-0.15, -0.1) is 0 Å². The highest BCUT2D eigenvalue weighted by Gasteiger charge is 2.18. The molecule has 0 atom stereocenters. The van der Waals surface area contributed by atoms with Crippen molar-refractivity contribution in [1.82, 2.24) is 15.1 Å². The Balaban J connectivity index is 1.49. The molecule has 2 aromatic heterocycles. The van der Waals surface area contributed by atoms with Crippen molar-refractivity contribution in [2.45, 2.75) is 0 Å². The molecule has 4 rings (SSSR count). The Bertz CT molecular complexity index is 1090. The van der Waals surface area contributed by atoms with Gasteiger partial charge in [0.2, 0.25) is 0 Å². The van der Waals surface area contributed by atoms with E-state index in [9.17, 15) is 9.18 Å². The van der Waals surface area contributed by atoms with Gasteiger partial charge in [-0.05, 0) is 36.4 Å². The van der Waals surface area contributed by atoms with Crippen molar-refractivity contribution >= 4 is 5.91 Å². The third-order valence-electron chi connectivity index (χ3n) is 4.20. The van der Waals surface area contributed by atoms with E-state index in [2.05, 4.69) is 10.4 Å². The molecule has 0 aliphatic rings. The maximum atomic E-state index is 13.6. The van der Waals surface area contributed by atoms with E-state index in [4.69, 9.17) is 9.15 Å². The molecule has 0 fully saturated rings. The van der Waals surface area contributed by atoms with Crippen LogP contribution in [0.1, 0.15) is 10.5 Å². The molecule has 0 saturated heterocycles. The fraction of sp³-hybridized carbons (Fsp3) is 0.0909. The zero-order valence-corrected chi connectivity index (χ0v) is 15.4. The third-order valence-corrected chi connectivity index (χ3v) is 4.20. The van der Waals surface area contributed by atoms with Crippen LogP contribution in [0.4, 0.5) is 4.39 Å². The van der Waals surface area contributed by atoms with Crippen molar-refractivity contribution in [2.24, 2.45) is 0 Å². The number of halogens is 1. The predicted molar refractivity (Wildman–Crippen MR) is 105 cm³/mol. The first-order valence-electron chi connectivity index (χ1n) is 9.07. The standard InChI is InChI=1S/C22H18FN3O3/c23-17-9-4-5-10-20(17)29-14-12-24-22(27)19-15-18(21-11-6-13-28-21)25-26(19)16-7-2-1-3-8-16/h1-11,13,15H,12,14H2,(H,24,27). The number of amides is 1. The topological polar surface area (TPSA) is 69.3 Å². The third kappa shape index (κ3) is 4.19. The van der Waals surface area contributed by atoms with Gasteiger partial charge >= 0.3 is 0 Å². The van der Waals surface area contributed by atoms with Crippen molar-refractivity contribution in [3.63, 3.8) is 0 Å². The van der Waals surface area contributed by atoms with Gasteiger partial charge in [0, 0.05) is 6.07 Å². The number of furan rings is 1. The van der Waals surface area contributed by atoms with Gasteiger partial charge in [-0.1, -0.05) is 30.3 Å². The van der Waals surface area contributed by atoms with Crippen molar-refractivity contribution in [3.05, 3.63) is 90.6 Å². The number of hydrogen-bond acceptors (Lipinski definition) is 4. The van der Waals surface area contributed by atoms with E-state index >= 15 is 0 Å². The van der Waals surface area contributed by atoms with Crippen LogP contribution in [0.5, 0.6) is 5.75 Å². The maximum Gasteiger partial charge on any atom is 0.270 e. The van der Waals surface area contributed by atoms with Crippen LogP contribution in [-0.2, 0) is 0 Å². The molecule has 0 radical (unpaired) electrons. The number of ether oxygens (including phenoxy) is 1. The van der Waals surface area contributed by atoms with Gasteiger partial charge in [0.1, 0.15) is 18.0 Å². The zero-order valence-electron chi connectivity index (χ0n) is 15.4. The first kappa shape index (κ1) is 18.5. The molecule has 29 heavy (non-hydrogen) atoms. The molecular weight excluding hydrogens is 373 g/mol. The van der Waals surface area contributed by atoms with Gasteiger partial charge in [-0.25, -0.2) is 9.07 Å². The van der Waals surface area contributed by atoms with E-state index in [0.717, 1.165) is 5.69 Å². The molecule has 0 bridgehead atoms. The summed E-state index contributed by atoms with van der Waals surface area (Å²) in [5.41, 5.74) is 1.65. The Labute approximate surface area is 166 Å². The summed E-state index contributed by atoms with van der Waals surface area (Å²) in [5.74, 6) is -0.0480. The maximum absolute atomic E-state index is 13.6. The summed E-state index contributed by atoms with van der Waals surface area (Å²) in [5, 5.41) is 7.29. The monoisotopic (exact) mass is 391 g/mol. The SMILES string of the molecule is O=C(NCCOc1ccccc1F)c1cc(-c2ccco2)nn1-c1ccccc1. The van der Waals surface area contributed by atoms with E-state index in [1.165, 1.54) is 12.1 Å². The van der Waals surface area contributed by atoms with E-state index in [-0.39, 0.29) is 24.8 Å². The second-order valence-corrected chi connectivity index (χ2v) is 6.17. The van der Waals surface area contributed by atoms with Crippen molar-refractivity contribution in [3.8, 4) is 22.9 Å².